The molecule has 30 heavy (non-hydrogen) atoms. The Morgan fingerprint density at radius 3 is 2.50 bits per heavy atom. The molecule has 1 aromatic carbocycles. The van der Waals surface area contributed by atoms with E-state index in [1.807, 2.05) is 0 Å². The summed E-state index contributed by atoms with van der Waals surface area (Å²) in [5.41, 5.74) is 1.15. The third kappa shape index (κ3) is 4.39. The fraction of sp³-hybridized carbons (Fsp3) is 0.261. The van der Waals surface area contributed by atoms with Crippen LogP contribution < -0.4 is 10.2 Å². The van der Waals surface area contributed by atoms with E-state index in [0.29, 0.717) is 16.3 Å². The lowest BCUT2D eigenvalue weighted by Gasteiger charge is -2.31. The Hall–Kier alpha value is -3.12. The molecule has 1 aliphatic rings. The Bertz CT molecular complexity index is 984. The van der Waals surface area contributed by atoms with Crippen LogP contribution in [0.4, 0.5) is 5.69 Å². The summed E-state index contributed by atoms with van der Waals surface area (Å²) in [4.78, 5) is 32.5. The van der Waals surface area contributed by atoms with Gasteiger partial charge >= 0.3 is 0 Å². The van der Waals surface area contributed by atoms with Crippen molar-refractivity contribution in [3.63, 3.8) is 0 Å². The lowest BCUT2D eigenvalue weighted by Crippen LogP contribution is -2.46. The summed E-state index contributed by atoms with van der Waals surface area (Å²) in [5.74, 6) is -0.519. The third-order valence-corrected chi connectivity index (χ3v) is 5.52. The quantitative estimate of drug-likeness (QED) is 0.619. The van der Waals surface area contributed by atoms with E-state index in [1.165, 1.54) is 11.2 Å². The molecule has 1 atom stereocenters. The molecule has 0 radical (unpaired) electrons. The highest BCUT2D eigenvalue weighted by Crippen LogP contribution is 2.31. The molecule has 4 rings (SSSR count). The van der Waals surface area contributed by atoms with Crippen LogP contribution in [0.2, 0.25) is 5.02 Å². The number of carbonyl (C=O) groups excluding carboxylic acids is 2. The highest BCUT2D eigenvalue weighted by molar-refractivity contribution is 6.30. The lowest BCUT2D eigenvalue weighted by atomic mass is 10.0. The van der Waals surface area contributed by atoms with Crippen molar-refractivity contribution in [1.82, 2.24) is 10.3 Å². The largest absolute Gasteiger partial charge is 0.459 e. The molecular formula is C23H22ClN3O3. The minimum Gasteiger partial charge on any atom is -0.459 e. The normalized spacial score (nSPS) is 15.0. The summed E-state index contributed by atoms with van der Waals surface area (Å²) in [6.07, 6.45) is 8.75. The van der Waals surface area contributed by atoms with Gasteiger partial charge in [-0.2, -0.15) is 0 Å². The van der Waals surface area contributed by atoms with Crippen LogP contribution in [0.25, 0.3) is 0 Å². The van der Waals surface area contributed by atoms with E-state index in [0.717, 1.165) is 25.7 Å². The number of aromatic nitrogens is 1. The second-order valence-electron chi connectivity index (χ2n) is 7.31. The van der Waals surface area contributed by atoms with Crippen LogP contribution in [0.3, 0.4) is 0 Å². The van der Waals surface area contributed by atoms with E-state index in [4.69, 9.17) is 16.0 Å². The van der Waals surface area contributed by atoms with Gasteiger partial charge in [-0.1, -0.05) is 30.5 Å². The second-order valence-corrected chi connectivity index (χ2v) is 7.74. The number of rotatable bonds is 6. The first kappa shape index (κ1) is 20.2. The number of nitrogens with zero attached hydrogens (tertiary/aromatic N) is 2. The molecule has 1 fully saturated rings. The van der Waals surface area contributed by atoms with Gasteiger partial charge in [0.25, 0.3) is 5.91 Å². The molecule has 0 saturated heterocycles. The number of anilines is 1. The molecule has 1 N–H and O–H groups in total. The first-order valence-corrected chi connectivity index (χ1v) is 10.3. The Kier molecular flexibility index (Phi) is 6.14. The van der Waals surface area contributed by atoms with Crippen molar-refractivity contribution < 1.29 is 14.0 Å². The summed E-state index contributed by atoms with van der Waals surface area (Å²) in [7, 11) is 0. The molecule has 3 aromatic rings. The van der Waals surface area contributed by atoms with Gasteiger partial charge < -0.3 is 9.73 Å². The van der Waals surface area contributed by atoms with Gasteiger partial charge in [-0.25, -0.2) is 0 Å². The molecule has 2 amide bonds. The van der Waals surface area contributed by atoms with Crippen LogP contribution in [0.5, 0.6) is 0 Å². The molecule has 7 heteroatoms. The predicted octanol–water partition coefficient (Wildman–Crippen LogP) is 4.77. The van der Waals surface area contributed by atoms with Gasteiger partial charge in [-0.15, -0.1) is 0 Å². The number of benzene rings is 1. The zero-order chi connectivity index (χ0) is 20.9. The zero-order valence-electron chi connectivity index (χ0n) is 16.3. The van der Waals surface area contributed by atoms with Crippen LogP contribution in [-0.2, 0) is 4.79 Å². The average Bonchev–Trinajstić information content (AvgIpc) is 3.47. The molecule has 154 valence electrons. The molecule has 6 nitrogen and oxygen atoms in total. The number of amides is 2. The number of halogens is 1. The van der Waals surface area contributed by atoms with E-state index < -0.39 is 11.9 Å². The Morgan fingerprint density at radius 2 is 1.87 bits per heavy atom. The van der Waals surface area contributed by atoms with E-state index in [1.54, 1.807) is 60.9 Å². The maximum absolute atomic E-state index is 13.5. The van der Waals surface area contributed by atoms with Crippen LogP contribution in [0.1, 0.15) is 47.8 Å². The second kappa shape index (κ2) is 9.13. The van der Waals surface area contributed by atoms with Crippen molar-refractivity contribution in [1.29, 1.82) is 0 Å². The number of carbonyl (C=O) groups is 2. The number of hydrogen-bond acceptors (Lipinski definition) is 4. The Morgan fingerprint density at radius 1 is 1.10 bits per heavy atom. The standard InChI is InChI=1S/C23H22ClN3O3/c24-17-9-11-19(12-10-17)27(23(29)20-8-4-14-30-20)21(16-5-3-13-25-15-16)22(28)26-18-6-1-2-7-18/h3-5,8-15,18,21H,1-2,6-7H2,(H,26,28). The summed E-state index contributed by atoms with van der Waals surface area (Å²) in [6, 6.07) is 12.8. The number of pyridine rings is 1. The molecule has 1 saturated carbocycles. The van der Waals surface area contributed by atoms with Crippen LogP contribution in [0.15, 0.2) is 71.6 Å². The summed E-state index contributed by atoms with van der Waals surface area (Å²) in [5, 5.41) is 3.66. The van der Waals surface area contributed by atoms with Gasteiger partial charge in [-0.05, 0) is 55.3 Å². The smallest absolute Gasteiger partial charge is 0.294 e. The number of nitrogens with one attached hydrogen (secondary N) is 1. The number of furan rings is 1. The molecule has 2 aromatic heterocycles. The minimum absolute atomic E-state index is 0.113. The van der Waals surface area contributed by atoms with Crippen LogP contribution >= 0.6 is 11.6 Å². The van der Waals surface area contributed by atoms with Gasteiger partial charge in [0.1, 0.15) is 6.04 Å². The highest BCUT2D eigenvalue weighted by atomic mass is 35.5. The van der Waals surface area contributed by atoms with E-state index in [2.05, 4.69) is 10.3 Å². The van der Waals surface area contributed by atoms with Crippen molar-refractivity contribution >= 4 is 29.1 Å². The summed E-state index contributed by atoms with van der Waals surface area (Å²) in [6.45, 7) is 0. The molecule has 1 unspecified atom stereocenters. The summed E-state index contributed by atoms with van der Waals surface area (Å²) < 4.78 is 5.36. The van der Waals surface area contributed by atoms with Crippen molar-refractivity contribution in [2.75, 3.05) is 4.90 Å². The lowest BCUT2D eigenvalue weighted by molar-refractivity contribution is -0.123. The fourth-order valence-electron chi connectivity index (χ4n) is 3.81. The van der Waals surface area contributed by atoms with Crippen molar-refractivity contribution in [3.05, 3.63) is 83.5 Å². The SMILES string of the molecule is O=C(NC1CCCC1)C(c1cccnc1)N(C(=O)c1ccco1)c1ccc(Cl)cc1. The van der Waals surface area contributed by atoms with Gasteiger partial charge in [0, 0.05) is 34.7 Å². The van der Waals surface area contributed by atoms with Crippen molar-refractivity contribution in [2.24, 2.45) is 0 Å². The monoisotopic (exact) mass is 423 g/mol. The third-order valence-electron chi connectivity index (χ3n) is 5.26. The molecule has 0 spiro atoms. The van der Waals surface area contributed by atoms with Gasteiger partial charge in [0.2, 0.25) is 5.91 Å². The van der Waals surface area contributed by atoms with Crippen molar-refractivity contribution in [3.8, 4) is 0 Å². The Balaban J connectivity index is 1.78. The minimum atomic E-state index is -0.905. The summed E-state index contributed by atoms with van der Waals surface area (Å²) >= 11 is 6.06. The first-order chi connectivity index (χ1) is 14.6. The molecule has 0 aliphatic heterocycles. The predicted molar refractivity (Wildman–Crippen MR) is 114 cm³/mol. The molecule has 2 heterocycles. The van der Waals surface area contributed by atoms with E-state index >= 15 is 0 Å². The Labute approximate surface area is 179 Å². The average molecular weight is 424 g/mol. The van der Waals surface area contributed by atoms with Crippen LogP contribution in [0, 0.1) is 0 Å². The topological polar surface area (TPSA) is 75.4 Å². The van der Waals surface area contributed by atoms with Gasteiger partial charge in [0.15, 0.2) is 5.76 Å². The van der Waals surface area contributed by atoms with E-state index in [-0.39, 0.29) is 17.7 Å². The molecule has 1 aliphatic carbocycles. The zero-order valence-corrected chi connectivity index (χ0v) is 17.1. The number of hydrogen-bond donors (Lipinski definition) is 1. The van der Waals surface area contributed by atoms with Crippen LogP contribution in [-0.4, -0.2) is 22.8 Å². The van der Waals surface area contributed by atoms with Gasteiger partial charge in [0.05, 0.1) is 6.26 Å². The first-order valence-electron chi connectivity index (χ1n) is 9.96. The molecular weight excluding hydrogens is 402 g/mol. The maximum atomic E-state index is 13.5. The molecule has 0 bridgehead atoms. The van der Waals surface area contributed by atoms with Gasteiger partial charge in [-0.3, -0.25) is 19.5 Å². The van der Waals surface area contributed by atoms with Crippen molar-refractivity contribution in [2.45, 2.75) is 37.8 Å². The fourth-order valence-corrected chi connectivity index (χ4v) is 3.94. The highest BCUT2D eigenvalue weighted by Gasteiger charge is 2.35. The van der Waals surface area contributed by atoms with E-state index in [9.17, 15) is 9.59 Å². The maximum Gasteiger partial charge on any atom is 0.294 e.